The molecule has 21 heteroatoms. The number of rotatable bonds is 18. The number of fused-ring (bicyclic) bond motifs is 2. The van der Waals surface area contributed by atoms with Crippen molar-refractivity contribution in [3.05, 3.63) is 362 Å². The van der Waals surface area contributed by atoms with Gasteiger partial charge in [-0.2, -0.15) is 0 Å². The monoisotopic (exact) mass is 1600 g/mol. The van der Waals surface area contributed by atoms with Gasteiger partial charge in [0.1, 0.15) is 23.0 Å². The fourth-order valence-electron chi connectivity index (χ4n) is 12.3. The molecule has 0 amide bonds. The highest BCUT2D eigenvalue weighted by molar-refractivity contribution is 6.31. The van der Waals surface area contributed by atoms with E-state index >= 15 is 0 Å². The summed E-state index contributed by atoms with van der Waals surface area (Å²) < 4.78 is 0. The summed E-state index contributed by atoms with van der Waals surface area (Å²) in [4.78, 5) is 76.4. The molecule has 0 atom stereocenters. The van der Waals surface area contributed by atoms with Crippen LogP contribution in [0, 0.1) is 27.7 Å². The van der Waals surface area contributed by atoms with Gasteiger partial charge in [0.2, 0.25) is 0 Å². The van der Waals surface area contributed by atoms with Crippen LogP contribution in [-0.2, 0) is 0 Å². The summed E-state index contributed by atoms with van der Waals surface area (Å²) in [5, 5.41) is 3.70. The van der Waals surface area contributed by atoms with E-state index in [2.05, 4.69) is 233 Å². The van der Waals surface area contributed by atoms with Gasteiger partial charge in [0.25, 0.3) is 0 Å². The number of aromatic amines is 2. The van der Waals surface area contributed by atoms with Crippen molar-refractivity contribution in [1.82, 2.24) is 94.4 Å². The number of halogens is 1. The maximum atomic E-state index is 6.15. The van der Waals surface area contributed by atoms with Gasteiger partial charge >= 0.3 is 0 Å². The Morgan fingerprint density at radius 1 is 0.258 bits per heavy atom. The predicted octanol–water partition coefficient (Wildman–Crippen LogP) is 21.3. The number of nitrogens with one attached hydrogen (secondary N) is 3. The van der Waals surface area contributed by atoms with Gasteiger partial charge < -0.3 is 30.0 Å². The van der Waals surface area contributed by atoms with Crippen molar-refractivity contribution >= 4 is 45.3 Å². The number of nitrogens with zero attached hydrogens (tertiary/aromatic N) is 17. The van der Waals surface area contributed by atoms with Crippen LogP contribution in [0.3, 0.4) is 0 Å². The molecule has 18 rings (SSSR count). The standard InChI is InChI=1S/C24H21N3.C22H17N3.C19H13N5.C15H10ClN3.C10H9N3.C9H23N3/c1-16-4-6-19(7-5-16)20-14-23(21-12-17(2)8-10-25-21)27-24(15-20)22-13-18(3)9-11-26-22;1-16-8-10-17(11-9-16)18-14-21(19-6-2-4-12-23-19)25-22(15-18)20-7-3-5-13-24-20;1-2-7-13-12(6-1)21-18(22-13)16-10-5-11-17(20-16)19-23-14-8-3-4-9-15(14)24-19;16-11-9-14(12-5-1-3-7-17-12)19-15(10-11)13-6-2-4-8-18-13;1-3-7-11-9(5-1)13-10-6-2-4-8-12-10;1-10(2)6-8-12(5)9-7-11(3)4/h4-15H,1-3H3;2-15H,1H3;1-11H,(H,21,22)(H,23,24);1-10H;1-8H,(H,11,12,13);6-9H2,1-5H3. The fraction of sp³-hybridized carbons (Fsp3) is 0.131. The van der Waals surface area contributed by atoms with Gasteiger partial charge in [0.05, 0.1) is 90.4 Å². The molecule has 4 aromatic carbocycles. The molecule has 14 aromatic heterocycles. The Kier molecular flexibility index (Phi) is 29.2. The number of H-pyrrole nitrogens is 2. The summed E-state index contributed by atoms with van der Waals surface area (Å²) in [6.45, 7) is 12.9. The lowest BCUT2D eigenvalue weighted by Gasteiger charge is -2.20. The highest BCUT2D eigenvalue weighted by Gasteiger charge is 2.16. The highest BCUT2D eigenvalue weighted by atomic mass is 35.5. The smallest absolute Gasteiger partial charge is 0.157 e. The second-order valence-corrected chi connectivity index (χ2v) is 29.4. The second kappa shape index (κ2) is 41.9. The minimum Gasteiger partial charge on any atom is -0.337 e. The molecule has 0 unspecified atom stereocenters. The van der Waals surface area contributed by atoms with E-state index in [-0.39, 0.29) is 0 Å². The van der Waals surface area contributed by atoms with Crippen LogP contribution in [0.4, 0.5) is 11.6 Å². The molecule has 3 N–H and O–H groups in total. The number of aromatic nitrogens is 16. The zero-order valence-corrected chi connectivity index (χ0v) is 69.3. The number of para-hydroxylation sites is 4. The third-order valence-corrected chi connectivity index (χ3v) is 19.0. The van der Waals surface area contributed by atoms with E-state index in [1.165, 1.54) is 11.1 Å². The van der Waals surface area contributed by atoms with Gasteiger partial charge in [0, 0.05) is 80.8 Å². The van der Waals surface area contributed by atoms with E-state index in [9.17, 15) is 0 Å². The Morgan fingerprint density at radius 2 is 0.575 bits per heavy atom. The largest absolute Gasteiger partial charge is 0.337 e. The molecular formula is C99H93ClN20. The van der Waals surface area contributed by atoms with Crippen molar-refractivity contribution in [2.24, 2.45) is 0 Å². The fourth-order valence-corrected chi connectivity index (χ4v) is 12.5. The lowest BCUT2D eigenvalue weighted by atomic mass is 10.0. The van der Waals surface area contributed by atoms with Crippen molar-refractivity contribution in [2.45, 2.75) is 27.7 Å². The molecule has 120 heavy (non-hydrogen) atoms. The second-order valence-electron chi connectivity index (χ2n) is 28.9. The van der Waals surface area contributed by atoms with E-state index in [1.54, 1.807) is 49.3 Å². The number of benzene rings is 4. The van der Waals surface area contributed by atoms with Gasteiger partial charge in [-0.25, -0.2) is 39.9 Å². The Morgan fingerprint density at radius 3 is 0.908 bits per heavy atom. The lowest BCUT2D eigenvalue weighted by molar-refractivity contribution is 0.254. The molecular weight excluding hydrogens is 1500 g/mol. The Hall–Kier alpha value is -14.4. The molecule has 20 nitrogen and oxygen atoms in total. The van der Waals surface area contributed by atoms with Crippen LogP contribution in [0.1, 0.15) is 22.3 Å². The summed E-state index contributed by atoms with van der Waals surface area (Å²) in [5.41, 5.74) is 24.8. The average Bonchev–Trinajstić information content (AvgIpc) is 1.62. The Labute approximate surface area is 705 Å². The van der Waals surface area contributed by atoms with Crippen molar-refractivity contribution in [3.8, 4) is 114 Å². The zero-order valence-electron chi connectivity index (χ0n) is 68.6. The molecule has 14 heterocycles. The summed E-state index contributed by atoms with van der Waals surface area (Å²) >= 11 is 6.15. The van der Waals surface area contributed by atoms with E-state index in [0.717, 1.165) is 185 Å². The van der Waals surface area contributed by atoms with E-state index < -0.39 is 0 Å². The number of likely N-dealkylation sites (N-methyl/N-ethyl adjacent to an activating group) is 3. The summed E-state index contributed by atoms with van der Waals surface area (Å²) in [6, 6.07) is 93.5. The van der Waals surface area contributed by atoms with Crippen LogP contribution in [0.5, 0.6) is 0 Å². The number of pyridine rings is 12. The Bertz CT molecular complexity index is 5840. The third-order valence-electron chi connectivity index (χ3n) is 18.7. The van der Waals surface area contributed by atoms with Crippen LogP contribution in [0.25, 0.3) is 136 Å². The Balaban J connectivity index is 0.000000127. The van der Waals surface area contributed by atoms with Crippen molar-refractivity contribution in [2.75, 3.05) is 66.7 Å². The van der Waals surface area contributed by atoms with Gasteiger partial charge in [-0.3, -0.25) is 29.9 Å². The normalized spacial score (nSPS) is 10.8. The summed E-state index contributed by atoms with van der Waals surface area (Å²) in [5.74, 6) is 3.13. The van der Waals surface area contributed by atoms with Crippen molar-refractivity contribution in [1.29, 1.82) is 0 Å². The maximum absolute atomic E-state index is 6.15. The first-order chi connectivity index (χ1) is 58.5. The summed E-state index contributed by atoms with van der Waals surface area (Å²) in [7, 11) is 10.6. The van der Waals surface area contributed by atoms with Crippen molar-refractivity contribution < 1.29 is 0 Å². The SMILES string of the molecule is CN(C)CCN(C)CCN(C)C.Cc1ccc(-c2cc(-c3cc(C)ccn3)nc(-c3cc(C)ccn3)c2)cc1.Cc1ccc(-c2cc(-c3ccccn3)nc(-c3ccccn3)c2)cc1.Clc1cc(-c2ccccn2)nc(-c2ccccn2)c1.c1cc(-c2nc3ccccc3[nH]2)nc(-c2nc3ccccc3[nH]2)c1.c1ccc(Nc2ccccn2)nc1. The molecule has 0 aliphatic carbocycles. The van der Waals surface area contributed by atoms with Crippen LogP contribution < -0.4 is 5.32 Å². The molecule has 0 fully saturated rings. The molecule has 0 spiro atoms. The molecule has 0 aliphatic heterocycles. The molecule has 596 valence electrons. The predicted molar refractivity (Wildman–Crippen MR) is 488 cm³/mol. The quantitative estimate of drug-likeness (QED) is 0.0724. The topological polar surface area (TPSA) is 234 Å². The van der Waals surface area contributed by atoms with Crippen LogP contribution in [0.2, 0.25) is 5.02 Å². The molecule has 0 radical (unpaired) electrons. The molecule has 18 aromatic rings. The van der Waals surface area contributed by atoms with Gasteiger partial charge in [0.15, 0.2) is 11.6 Å². The first-order valence-electron chi connectivity index (χ1n) is 39.4. The average molecular weight is 1600 g/mol. The van der Waals surface area contributed by atoms with Gasteiger partial charge in [-0.15, -0.1) is 0 Å². The van der Waals surface area contributed by atoms with Crippen LogP contribution >= 0.6 is 11.6 Å². The highest BCUT2D eigenvalue weighted by Crippen LogP contribution is 2.33. The van der Waals surface area contributed by atoms with E-state index in [4.69, 9.17) is 26.6 Å². The first kappa shape index (κ1) is 83.5. The van der Waals surface area contributed by atoms with Crippen LogP contribution in [-0.4, -0.2) is 156 Å². The van der Waals surface area contributed by atoms with E-state index in [0.29, 0.717) is 5.02 Å². The molecule has 0 saturated heterocycles. The molecule has 0 saturated carbocycles. The number of imidazole rings is 2. The van der Waals surface area contributed by atoms with E-state index in [1.807, 2.05) is 200 Å². The summed E-state index contributed by atoms with van der Waals surface area (Å²) in [6.07, 6.45) is 14.2. The minimum atomic E-state index is 0.622. The maximum Gasteiger partial charge on any atom is 0.157 e. The number of hydrogen-bond acceptors (Lipinski definition) is 18. The lowest BCUT2D eigenvalue weighted by Crippen LogP contribution is -2.33. The van der Waals surface area contributed by atoms with Crippen LogP contribution in [0.15, 0.2) is 335 Å². The van der Waals surface area contributed by atoms with Gasteiger partial charge in [-0.05, 0) is 266 Å². The third kappa shape index (κ3) is 24.4. The minimum absolute atomic E-state index is 0.622. The molecule has 0 bridgehead atoms. The molecule has 0 aliphatic rings. The first-order valence-corrected chi connectivity index (χ1v) is 39.7. The zero-order chi connectivity index (χ0) is 83.4. The number of anilines is 2. The van der Waals surface area contributed by atoms with Crippen molar-refractivity contribution in [3.63, 3.8) is 0 Å². The van der Waals surface area contributed by atoms with Gasteiger partial charge in [-0.1, -0.05) is 138 Å². The number of hydrogen-bond donors (Lipinski definition) is 3. The number of aryl methyl sites for hydroxylation is 4.